The van der Waals surface area contributed by atoms with Crippen LogP contribution in [0.1, 0.15) is 22.8 Å². The number of anilines is 2. The number of hydrogen-bond donors (Lipinski definition) is 3. The second kappa shape index (κ2) is 16.3. The fourth-order valence-electron chi connectivity index (χ4n) is 4.38. The number of para-hydroxylation sites is 1. The molecular formula is C36H32N4O5S2. The van der Waals surface area contributed by atoms with E-state index in [1.165, 1.54) is 23.1 Å². The monoisotopic (exact) mass is 664 g/mol. The fourth-order valence-corrected chi connectivity index (χ4v) is 5.81. The molecule has 0 aliphatic heterocycles. The average Bonchev–Trinajstić information content (AvgIpc) is 3.57. The minimum atomic E-state index is -0.487. The summed E-state index contributed by atoms with van der Waals surface area (Å²) in [6.07, 6.45) is 1.61. The number of rotatable bonds is 13. The normalized spacial score (nSPS) is 11.0. The van der Waals surface area contributed by atoms with Gasteiger partial charge in [0, 0.05) is 27.1 Å². The Balaban J connectivity index is 1.19. The molecule has 0 saturated heterocycles. The number of amides is 3. The number of thioether (sulfide) groups is 1. The van der Waals surface area contributed by atoms with E-state index in [0.717, 1.165) is 16.2 Å². The third-order valence-corrected chi connectivity index (χ3v) is 8.42. The highest BCUT2D eigenvalue weighted by molar-refractivity contribution is 8.00. The summed E-state index contributed by atoms with van der Waals surface area (Å²) in [4.78, 5) is 44.3. The number of carbonyl (C=O) groups excluding carboxylic acids is 3. The first-order chi connectivity index (χ1) is 22.9. The molecule has 1 aromatic heterocycles. The molecule has 0 spiro atoms. The van der Waals surface area contributed by atoms with E-state index in [9.17, 15) is 14.4 Å². The van der Waals surface area contributed by atoms with Gasteiger partial charge in [0.15, 0.2) is 5.13 Å². The number of nitrogens with one attached hydrogen (secondary N) is 3. The first-order valence-electron chi connectivity index (χ1n) is 14.7. The van der Waals surface area contributed by atoms with E-state index in [1.54, 1.807) is 61.7 Å². The van der Waals surface area contributed by atoms with Crippen molar-refractivity contribution in [2.75, 3.05) is 30.1 Å². The second-order valence-corrected chi connectivity index (χ2v) is 11.8. The number of nitrogens with zero attached hydrogens (tertiary/aromatic N) is 1. The van der Waals surface area contributed by atoms with Crippen LogP contribution in [0.2, 0.25) is 0 Å². The summed E-state index contributed by atoms with van der Waals surface area (Å²) in [5.74, 6) is 0.515. The van der Waals surface area contributed by atoms with Gasteiger partial charge in [0.2, 0.25) is 5.91 Å². The van der Waals surface area contributed by atoms with Crippen LogP contribution >= 0.6 is 23.1 Å². The molecule has 5 aromatic rings. The quantitative estimate of drug-likeness (QED) is 0.0889. The Morgan fingerprint density at radius 3 is 2.32 bits per heavy atom. The molecule has 0 aliphatic rings. The maximum atomic E-state index is 13.4. The van der Waals surface area contributed by atoms with E-state index in [2.05, 4.69) is 20.9 Å². The van der Waals surface area contributed by atoms with Crippen LogP contribution in [0, 0.1) is 0 Å². The lowest BCUT2D eigenvalue weighted by atomic mass is 10.1. The molecule has 0 fully saturated rings. The predicted molar refractivity (Wildman–Crippen MR) is 188 cm³/mol. The van der Waals surface area contributed by atoms with Crippen molar-refractivity contribution in [1.29, 1.82) is 0 Å². The maximum Gasteiger partial charge on any atom is 0.272 e. The van der Waals surface area contributed by atoms with Crippen LogP contribution in [0.3, 0.4) is 0 Å². The number of benzene rings is 4. The summed E-state index contributed by atoms with van der Waals surface area (Å²) in [5, 5.41) is 10.8. The standard InChI is InChI=1S/C36H32N4O5S2/c1-3-45-27-17-13-24(14-18-27)21-30(38-34(42)25-9-5-4-6-10-25)35(43)37-26-15-19-28(20-16-26)46-23-33(41)40-36-39-31(22-47-36)29-11-7-8-12-32(29)44-2/h4-22H,3,23H2,1-2H3,(H,37,43)(H,38,42)(H,39,40,41)/b30-21-. The molecule has 9 nitrogen and oxygen atoms in total. The van der Waals surface area contributed by atoms with E-state index < -0.39 is 11.8 Å². The van der Waals surface area contributed by atoms with Crippen molar-refractivity contribution in [1.82, 2.24) is 10.3 Å². The molecule has 238 valence electrons. The molecule has 0 aliphatic carbocycles. The van der Waals surface area contributed by atoms with Gasteiger partial charge in [0.1, 0.15) is 17.2 Å². The largest absolute Gasteiger partial charge is 0.496 e. The Labute approximate surface area is 281 Å². The third kappa shape index (κ3) is 9.32. The van der Waals surface area contributed by atoms with Crippen molar-refractivity contribution in [2.24, 2.45) is 0 Å². The van der Waals surface area contributed by atoms with Crippen LogP contribution in [0.25, 0.3) is 17.3 Å². The minimum absolute atomic E-state index is 0.0780. The summed E-state index contributed by atoms with van der Waals surface area (Å²) < 4.78 is 10.9. The molecule has 0 saturated carbocycles. The van der Waals surface area contributed by atoms with Crippen LogP contribution in [0.5, 0.6) is 11.5 Å². The first kappa shape index (κ1) is 33.0. The van der Waals surface area contributed by atoms with Crippen LogP contribution in [-0.2, 0) is 9.59 Å². The molecule has 47 heavy (non-hydrogen) atoms. The minimum Gasteiger partial charge on any atom is -0.496 e. The molecule has 11 heteroatoms. The molecule has 0 atom stereocenters. The number of thiazole rings is 1. The number of carbonyl (C=O) groups is 3. The number of ether oxygens (including phenoxy) is 2. The number of methoxy groups -OCH3 is 1. The molecule has 0 bridgehead atoms. The van der Waals surface area contributed by atoms with Gasteiger partial charge < -0.3 is 25.4 Å². The highest BCUT2D eigenvalue weighted by Gasteiger charge is 2.16. The van der Waals surface area contributed by atoms with Gasteiger partial charge >= 0.3 is 0 Å². The van der Waals surface area contributed by atoms with Gasteiger partial charge in [0.25, 0.3) is 11.8 Å². The Morgan fingerprint density at radius 2 is 1.60 bits per heavy atom. The number of hydrogen-bond acceptors (Lipinski definition) is 8. The zero-order valence-corrected chi connectivity index (χ0v) is 27.3. The summed E-state index contributed by atoms with van der Waals surface area (Å²) in [6, 6.07) is 30.6. The third-order valence-electron chi connectivity index (χ3n) is 6.65. The smallest absolute Gasteiger partial charge is 0.272 e. The van der Waals surface area contributed by atoms with Crippen molar-refractivity contribution in [3.05, 3.63) is 125 Å². The molecule has 3 N–H and O–H groups in total. The van der Waals surface area contributed by atoms with Gasteiger partial charge in [-0.1, -0.05) is 42.5 Å². The van der Waals surface area contributed by atoms with Crippen LogP contribution in [0.15, 0.2) is 119 Å². The molecule has 1 heterocycles. The predicted octanol–water partition coefficient (Wildman–Crippen LogP) is 7.36. The highest BCUT2D eigenvalue weighted by atomic mass is 32.2. The summed E-state index contributed by atoms with van der Waals surface area (Å²) in [7, 11) is 1.61. The molecule has 5 rings (SSSR count). The lowest BCUT2D eigenvalue weighted by molar-refractivity contribution is -0.114. The Morgan fingerprint density at radius 1 is 0.872 bits per heavy atom. The fraction of sp³-hybridized carbons (Fsp3) is 0.111. The molecule has 0 radical (unpaired) electrons. The summed E-state index contributed by atoms with van der Waals surface area (Å²) in [5.41, 5.74) is 3.33. The zero-order chi connectivity index (χ0) is 33.0. The van der Waals surface area contributed by atoms with E-state index in [0.29, 0.717) is 40.1 Å². The Bertz CT molecular complexity index is 1860. The first-order valence-corrected chi connectivity index (χ1v) is 16.5. The van der Waals surface area contributed by atoms with E-state index >= 15 is 0 Å². The van der Waals surface area contributed by atoms with Gasteiger partial charge in [-0.05, 0) is 79.2 Å². The van der Waals surface area contributed by atoms with Crippen LogP contribution in [0.4, 0.5) is 10.8 Å². The topological polar surface area (TPSA) is 119 Å². The van der Waals surface area contributed by atoms with E-state index in [-0.39, 0.29) is 17.4 Å². The lowest BCUT2D eigenvalue weighted by Gasteiger charge is -2.12. The number of aromatic nitrogens is 1. The Hall–Kier alpha value is -5.39. The van der Waals surface area contributed by atoms with Crippen molar-refractivity contribution >= 4 is 57.7 Å². The van der Waals surface area contributed by atoms with Crippen molar-refractivity contribution in [3.8, 4) is 22.8 Å². The van der Waals surface area contributed by atoms with Crippen molar-refractivity contribution < 1.29 is 23.9 Å². The van der Waals surface area contributed by atoms with Crippen LogP contribution < -0.4 is 25.4 Å². The van der Waals surface area contributed by atoms with Gasteiger partial charge in [-0.15, -0.1) is 23.1 Å². The van der Waals surface area contributed by atoms with E-state index in [1.807, 2.05) is 66.9 Å². The zero-order valence-electron chi connectivity index (χ0n) is 25.7. The van der Waals surface area contributed by atoms with Gasteiger partial charge in [-0.3, -0.25) is 14.4 Å². The Kier molecular flexibility index (Phi) is 11.4. The lowest BCUT2D eigenvalue weighted by Crippen LogP contribution is -2.30. The maximum absolute atomic E-state index is 13.4. The second-order valence-electron chi connectivity index (χ2n) is 9.93. The molecule has 0 unspecified atom stereocenters. The van der Waals surface area contributed by atoms with Gasteiger partial charge in [-0.2, -0.15) is 0 Å². The summed E-state index contributed by atoms with van der Waals surface area (Å²) >= 11 is 2.70. The highest BCUT2D eigenvalue weighted by Crippen LogP contribution is 2.32. The van der Waals surface area contributed by atoms with Gasteiger partial charge in [-0.25, -0.2) is 4.98 Å². The average molecular weight is 665 g/mol. The van der Waals surface area contributed by atoms with Gasteiger partial charge in [0.05, 0.1) is 25.2 Å². The van der Waals surface area contributed by atoms with Crippen LogP contribution in [-0.4, -0.2) is 42.2 Å². The van der Waals surface area contributed by atoms with Crippen molar-refractivity contribution in [2.45, 2.75) is 11.8 Å². The summed E-state index contributed by atoms with van der Waals surface area (Å²) in [6.45, 7) is 2.44. The molecule has 4 aromatic carbocycles. The SMILES string of the molecule is CCOc1ccc(/C=C(\NC(=O)c2ccccc2)C(=O)Nc2ccc(SCC(=O)Nc3nc(-c4ccccc4OC)cs3)cc2)cc1. The van der Waals surface area contributed by atoms with E-state index in [4.69, 9.17) is 9.47 Å². The molecular weight excluding hydrogens is 633 g/mol. The van der Waals surface area contributed by atoms with Crippen molar-refractivity contribution in [3.63, 3.8) is 0 Å². The molecule has 3 amide bonds.